The number of carboxylic acids is 1. The number of nitro groups is 1. The highest BCUT2D eigenvalue weighted by Gasteiger charge is 2.58. The number of rotatable bonds is 11. The minimum absolute atomic E-state index is 0.0344. The fourth-order valence-electron chi connectivity index (χ4n) is 5.50. The molecule has 1 atom stereocenters. The first-order valence-corrected chi connectivity index (χ1v) is 15.3. The Balaban J connectivity index is 1.45. The topological polar surface area (TPSA) is 152 Å². The molecule has 242 valence electrons. The fraction of sp³-hybridized carbons (Fsp3) is 0.258. The second-order valence-electron chi connectivity index (χ2n) is 10.9. The number of methoxy groups -OCH3 is 1. The third kappa shape index (κ3) is 6.21. The van der Waals surface area contributed by atoms with Gasteiger partial charge < -0.3 is 19.5 Å². The standard InChI is InChI=1S/C31H28F3N3O8S/c1-45-27-13-20(8-12-29(38)39)7-11-28(27)46(43,44)23-16-35(17-23)19-30(40,31(32,33)34)25-18-36(15-21-5-3-2-4-6-21)26-14-22(37(41)42)9-10-24(25)26/h2-14,18,23,40H,15-17,19H2,1H3,(H,38,39). The molecule has 1 aliphatic rings. The molecule has 11 nitrogen and oxygen atoms in total. The summed E-state index contributed by atoms with van der Waals surface area (Å²) in [5.41, 5.74) is -3.11. The van der Waals surface area contributed by atoms with E-state index in [1.54, 1.807) is 30.3 Å². The van der Waals surface area contributed by atoms with Crippen molar-refractivity contribution in [2.24, 2.45) is 0 Å². The number of hydrogen-bond acceptors (Lipinski definition) is 8. The van der Waals surface area contributed by atoms with Crippen LogP contribution in [0.3, 0.4) is 0 Å². The van der Waals surface area contributed by atoms with E-state index in [1.807, 2.05) is 0 Å². The molecule has 4 aromatic rings. The smallest absolute Gasteiger partial charge is 0.422 e. The molecule has 0 aliphatic carbocycles. The Kier molecular flexibility index (Phi) is 8.68. The van der Waals surface area contributed by atoms with Crippen molar-refractivity contribution >= 4 is 38.5 Å². The summed E-state index contributed by atoms with van der Waals surface area (Å²) in [5, 5.41) is 30.6. The second-order valence-corrected chi connectivity index (χ2v) is 13.1. The molecule has 1 aromatic heterocycles. The summed E-state index contributed by atoms with van der Waals surface area (Å²) in [6.45, 7) is -1.55. The number of aliphatic carboxylic acids is 1. The molecule has 0 saturated carbocycles. The van der Waals surface area contributed by atoms with Gasteiger partial charge in [0.25, 0.3) is 5.69 Å². The zero-order valence-electron chi connectivity index (χ0n) is 24.2. The Morgan fingerprint density at radius 3 is 2.41 bits per heavy atom. The van der Waals surface area contributed by atoms with Gasteiger partial charge in [-0.3, -0.25) is 15.0 Å². The number of sulfone groups is 1. The van der Waals surface area contributed by atoms with Gasteiger partial charge in [0, 0.05) is 61.5 Å². The minimum Gasteiger partial charge on any atom is -0.495 e. The third-order valence-corrected chi connectivity index (χ3v) is 10.0. The number of likely N-dealkylation sites (tertiary alicyclic amines) is 1. The summed E-state index contributed by atoms with van der Waals surface area (Å²) in [6, 6.07) is 16.1. The van der Waals surface area contributed by atoms with E-state index in [-0.39, 0.29) is 46.9 Å². The molecule has 0 radical (unpaired) electrons. The van der Waals surface area contributed by atoms with Crippen LogP contribution in [0, 0.1) is 10.1 Å². The van der Waals surface area contributed by atoms with Gasteiger partial charge in [-0.15, -0.1) is 0 Å². The van der Waals surface area contributed by atoms with Crippen LogP contribution in [0.2, 0.25) is 0 Å². The van der Waals surface area contributed by atoms with Gasteiger partial charge in [0.1, 0.15) is 10.6 Å². The highest BCUT2D eigenvalue weighted by molar-refractivity contribution is 7.92. The van der Waals surface area contributed by atoms with Crippen LogP contribution in [-0.2, 0) is 26.8 Å². The van der Waals surface area contributed by atoms with Crippen LogP contribution in [0.5, 0.6) is 5.75 Å². The molecule has 15 heteroatoms. The van der Waals surface area contributed by atoms with E-state index in [4.69, 9.17) is 9.84 Å². The zero-order valence-corrected chi connectivity index (χ0v) is 25.0. The zero-order chi connectivity index (χ0) is 33.4. The molecule has 1 fully saturated rings. The molecule has 3 aromatic carbocycles. The van der Waals surface area contributed by atoms with E-state index in [1.165, 1.54) is 46.9 Å². The number of aromatic nitrogens is 1. The van der Waals surface area contributed by atoms with Crippen LogP contribution >= 0.6 is 0 Å². The molecule has 0 amide bonds. The van der Waals surface area contributed by atoms with E-state index < -0.39 is 49.9 Å². The lowest BCUT2D eigenvalue weighted by Crippen LogP contribution is -2.61. The van der Waals surface area contributed by atoms with Crippen molar-refractivity contribution in [3.8, 4) is 5.75 Å². The number of benzene rings is 3. The number of carbonyl (C=O) groups is 1. The van der Waals surface area contributed by atoms with E-state index in [0.29, 0.717) is 11.1 Å². The van der Waals surface area contributed by atoms with Gasteiger partial charge in [0.15, 0.2) is 9.84 Å². The molecule has 0 spiro atoms. The predicted molar refractivity (Wildman–Crippen MR) is 161 cm³/mol. The fourth-order valence-corrected chi connectivity index (χ4v) is 7.36. The normalized spacial score (nSPS) is 15.9. The quantitative estimate of drug-likeness (QED) is 0.134. The van der Waals surface area contributed by atoms with E-state index in [2.05, 4.69) is 0 Å². The van der Waals surface area contributed by atoms with Gasteiger partial charge in [0.05, 0.1) is 22.8 Å². The molecule has 2 N–H and O–H groups in total. The van der Waals surface area contributed by atoms with Crippen molar-refractivity contribution in [3.05, 3.63) is 106 Å². The third-order valence-electron chi connectivity index (χ3n) is 7.91. The number of nitrogens with zero attached hydrogens (tertiary/aromatic N) is 3. The number of β-amino-alcohol motifs (C(OH)–C–C–N with tert-alkyl or cyclic N) is 1. The Bertz CT molecular complexity index is 1940. The molecule has 0 bridgehead atoms. The van der Waals surface area contributed by atoms with Crippen LogP contribution < -0.4 is 4.74 Å². The average molecular weight is 660 g/mol. The molecule has 2 heterocycles. The van der Waals surface area contributed by atoms with E-state index in [9.17, 15) is 41.6 Å². The lowest BCUT2D eigenvalue weighted by Gasteiger charge is -2.43. The number of carboxylic acid groups (broad SMARTS) is 1. The Morgan fingerprint density at radius 1 is 1.11 bits per heavy atom. The predicted octanol–water partition coefficient (Wildman–Crippen LogP) is 4.61. The first-order valence-electron chi connectivity index (χ1n) is 13.8. The van der Waals surface area contributed by atoms with Crippen LogP contribution in [-0.4, -0.2) is 77.2 Å². The summed E-state index contributed by atoms with van der Waals surface area (Å²) >= 11 is 0. The van der Waals surface area contributed by atoms with E-state index in [0.717, 1.165) is 24.4 Å². The highest BCUT2D eigenvalue weighted by atomic mass is 32.2. The van der Waals surface area contributed by atoms with Gasteiger partial charge in [-0.1, -0.05) is 36.4 Å². The highest BCUT2D eigenvalue weighted by Crippen LogP contribution is 2.45. The van der Waals surface area contributed by atoms with E-state index >= 15 is 0 Å². The van der Waals surface area contributed by atoms with Crippen LogP contribution in [0.25, 0.3) is 17.0 Å². The van der Waals surface area contributed by atoms with Crippen LogP contribution in [0.1, 0.15) is 16.7 Å². The largest absolute Gasteiger partial charge is 0.495 e. The Hall–Kier alpha value is -4.73. The Morgan fingerprint density at radius 2 is 1.80 bits per heavy atom. The summed E-state index contributed by atoms with van der Waals surface area (Å²) < 4.78 is 77.7. The van der Waals surface area contributed by atoms with Crippen molar-refractivity contribution in [1.82, 2.24) is 9.47 Å². The summed E-state index contributed by atoms with van der Waals surface area (Å²) in [5.74, 6) is -1.26. The maximum Gasteiger partial charge on any atom is 0.422 e. The monoisotopic (exact) mass is 659 g/mol. The summed E-state index contributed by atoms with van der Waals surface area (Å²) in [4.78, 5) is 22.6. The van der Waals surface area contributed by atoms with Gasteiger partial charge >= 0.3 is 12.1 Å². The van der Waals surface area contributed by atoms with Crippen molar-refractivity contribution in [1.29, 1.82) is 0 Å². The summed E-state index contributed by atoms with van der Waals surface area (Å²) in [7, 11) is -2.86. The van der Waals surface area contributed by atoms with Crippen LogP contribution in [0.4, 0.5) is 18.9 Å². The molecule has 1 aliphatic heterocycles. The number of halogens is 3. The number of hydrogen-bond donors (Lipinski definition) is 2. The second kappa shape index (κ2) is 12.2. The molecular weight excluding hydrogens is 631 g/mol. The van der Waals surface area contributed by atoms with Crippen molar-refractivity contribution < 1.29 is 46.3 Å². The summed E-state index contributed by atoms with van der Waals surface area (Å²) in [6.07, 6.45) is -1.95. The number of nitro benzene ring substituents is 1. The minimum atomic E-state index is -5.20. The van der Waals surface area contributed by atoms with Crippen molar-refractivity contribution in [2.45, 2.75) is 28.5 Å². The maximum absolute atomic E-state index is 14.8. The lowest BCUT2D eigenvalue weighted by molar-refractivity contribution is -0.384. The maximum atomic E-state index is 14.8. The van der Waals surface area contributed by atoms with Crippen molar-refractivity contribution in [2.75, 3.05) is 26.7 Å². The number of fused-ring (bicyclic) bond motifs is 1. The van der Waals surface area contributed by atoms with Crippen LogP contribution in [0.15, 0.2) is 83.9 Å². The van der Waals surface area contributed by atoms with Gasteiger partial charge in [-0.05, 0) is 35.4 Å². The van der Waals surface area contributed by atoms with Gasteiger partial charge in [-0.2, -0.15) is 13.2 Å². The van der Waals surface area contributed by atoms with Gasteiger partial charge in [0.2, 0.25) is 5.60 Å². The number of alkyl halides is 3. The average Bonchev–Trinajstić information content (AvgIpc) is 3.35. The molecule has 1 saturated heterocycles. The molecule has 1 unspecified atom stereocenters. The first-order chi connectivity index (χ1) is 21.6. The molecule has 46 heavy (non-hydrogen) atoms. The van der Waals surface area contributed by atoms with Crippen molar-refractivity contribution in [3.63, 3.8) is 0 Å². The number of ether oxygens (including phenoxy) is 1. The number of aliphatic hydroxyl groups is 1. The molecule has 5 rings (SSSR count). The van der Waals surface area contributed by atoms with Gasteiger partial charge in [-0.25, -0.2) is 13.2 Å². The number of non-ortho nitro benzene ring substituents is 1. The molecular formula is C31H28F3N3O8S. The Labute approximate surface area is 260 Å². The first kappa shape index (κ1) is 32.7. The lowest BCUT2D eigenvalue weighted by atomic mass is 9.90. The SMILES string of the molecule is COc1cc(C=CC(=O)O)ccc1S(=O)(=O)C1CN(CC(O)(c2cn(Cc3ccccc3)c3cc([N+](=O)[O-])ccc23)C(F)(F)F)C1.